The van der Waals surface area contributed by atoms with E-state index in [0.717, 1.165) is 11.3 Å². The standard InChI is InChI=1S/C18H20N4O5S/c1-11(16(25)22-17-13(15(19)24)8-10-28-17)27-14(23)7-9-20-18(26)21-12-5-3-2-4-6-12/h2-6,8,10-11H,7,9H2,1H3,(H2,19,24)(H,22,25)(H2,20,21,26)/t11-/m0/s1. The fourth-order valence-corrected chi connectivity index (χ4v) is 2.89. The van der Waals surface area contributed by atoms with Gasteiger partial charge in [-0.25, -0.2) is 4.79 Å². The van der Waals surface area contributed by atoms with E-state index in [1.165, 1.54) is 13.0 Å². The zero-order valence-corrected chi connectivity index (χ0v) is 15.9. The number of benzene rings is 1. The SMILES string of the molecule is C[C@H](OC(=O)CCNC(=O)Nc1ccccc1)C(=O)Nc1sccc1C(N)=O. The maximum atomic E-state index is 12.1. The monoisotopic (exact) mass is 404 g/mol. The quantitative estimate of drug-likeness (QED) is 0.498. The van der Waals surface area contributed by atoms with Gasteiger partial charge >= 0.3 is 12.0 Å². The predicted molar refractivity (Wildman–Crippen MR) is 105 cm³/mol. The second-order valence-corrected chi connectivity index (χ2v) is 6.56. The van der Waals surface area contributed by atoms with Gasteiger partial charge in [-0.05, 0) is 30.5 Å². The van der Waals surface area contributed by atoms with Crippen molar-refractivity contribution in [1.29, 1.82) is 0 Å². The van der Waals surface area contributed by atoms with Crippen molar-refractivity contribution < 1.29 is 23.9 Å². The van der Waals surface area contributed by atoms with Crippen molar-refractivity contribution in [3.8, 4) is 0 Å². The number of rotatable bonds is 8. The van der Waals surface area contributed by atoms with Gasteiger partial charge in [-0.15, -0.1) is 11.3 Å². The van der Waals surface area contributed by atoms with Crippen LogP contribution in [0.4, 0.5) is 15.5 Å². The van der Waals surface area contributed by atoms with Crippen LogP contribution >= 0.6 is 11.3 Å². The van der Waals surface area contributed by atoms with Gasteiger partial charge in [-0.1, -0.05) is 18.2 Å². The molecule has 0 aliphatic carbocycles. The lowest BCUT2D eigenvalue weighted by Crippen LogP contribution is -2.33. The molecule has 0 bridgehead atoms. The Morgan fingerprint density at radius 2 is 1.82 bits per heavy atom. The van der Waals surface area contributed by atoms with Crippen molar-refractivity contribution in [3.05, 3.63) is 47.3 Å². The molecule has 9 nitrogen and oxygen atoms in total. The van der Waals surface area contributed by atoms with Gasteiger partial charge in [0, 0.05) is 12.2 Å². The summed E-state index contributed by atoms with van der Waals surface area (Å²) < 4.78 is 5.03. The summed E-state index contributed by atoms with van der Waals surface area (Å²) in [4.78, 5) is 46.9. The molecule has 0 aliphatic heterocycles. The summed E-state index contributed by atoms with van der Waals surface area (Å²) in [5, 5.41) is 9.53. The van der Waals surface area contributed by atoms with Gasteiger partial charge in [0.05, 0.1) is 12.0 Å². The van der Waals surface area contributed by atoms with E-state index in [1.54, 1.807) is 29.6 Å². The number of nitrogens with one attached hydrogen (secondary N) is 3. The normalized spacial score (nSPS) is 11.2. The molecule has 2 rings (SSSR count). The molecule has 0 spiro atoms. The van der Waals surface area contributed by atoms with Crippen LogP contribution in [0.3, 0.4) is 0 Å². The molecule has 4 amide bonds. The van der Waals surface area contributed by atoms with Crippen LogP contribution < -0.4 is 21.7 Å². The van der Waals surface area contributed by atoms with Gasteiger partial charge < -0.3 is 26.4 Å². The molecule has 1 heterocycles. The Kier molecular flexibility index (Phi) is 7.52. The van der Waals surface area contributed by atoms with Crippen LogP contribution in [-0.4, -0.2) is 36.5 Å². The van der Waals surface area contributed by atoms with E-state index >= 15 is 0 Å². The van der Waals surface area contributed by atoms with Gasteiger partial charge in [0.25, 0.3) is 11.8 Å². The number of esters is 1. The summed E-state index contributed by atoms with van der Waals surface area (Å²) >= 11 is 1.13. The highest BCUT2D eigenvalue weighted by molar-refractivity contribution is 7.14. The molecule has 10 heteroatoms. The smallest absolute Gasteiger partial charge is 0.319 e. The average molecular weight is 404 g/mol. The first kappa shape index (κ1) is 20.9. The van der Waals surface area contributed by atoms with Crippen LogP contribution in [0.5, 0.6) is 0 Å². The van der Waals surface area contributed by atoms with E-state index in [9.17, 15) is 19.2 Å². The van der Waals surface area contributed by atoms with E-state index < -0.39 is 29.9 Å². The summed E-state index contributed by atoms with van der Waals surface area (Å²) in [5.41, 5.74) is 6.02. The second-order valence-electron chi connectivity index (χ2n) is 5.65. The second kappa shape index (κ2) is 10.1. The number of nitrogens with two attached hydrogens (primary N) is 1. The molecule has 0 saturated carbocycles. The zero-order valence-electron chi connectivity index (χ0n) is 15.1. The number of carbonyl (C=O) groups is 4. The highest BCUT2D eigenvalue weighted by Crippen LogP contribution is 2.22. The van der Waals surface area contributed by atoms with Crippen molar-refractivity contribution in [2.75, 3.05) is 17.2 Å². The summed E-state index contributed by atoms with van der Waals surface area (Å²) in [6.07, 6.45) is -1.18. The number of amides is 4. The first-order valence-corrected chi connectivity index (χ1v) is 9.22. The minimum absolute atomic E-state index is 0.0442. The van der Waals surface area contributed by atoms with Crippen LogP contribution in [-0.2, 0) is 14.3 Å². The zero-order chi connectivity index (χ0) is 20.5. The minimum atomic E-state index is -1.08. The van der Waals surface area contributed by atoms with Crippen molar-refractivity contribution in [2.45, 2.75) is 19.4 Å². The molecule has 0 radical (unpaired) electrons. The molecule has 1 atom stereocenters. The minimum Gasteiger partial charge on any atom is -0.452 e. The Balaban J connectivity index is 1.71. The van der Waals surface area contributed by atoms with Crippen LogP contribution in [0.1, 0.15) is 23.7 Å². The van der Waals surface area contributed by atoms with Crippen LogP contribution in [0.25, 0.3) is 0 Å². The number of anilines is 2. The summed E-state index contributed by atoms with van der Waals surface area (Å²) in [5.74, 6) is -1.90. The predicted octanol–water partition coefficient (Wildman–Crippen LogP) is 1.93. The molecule has 28 heavy (non-hydrogen) atoms. The molecule has 1 aromatic heterocycles. The van der Waals surface area contributed by atoms with Crippen molar-refractivity contribution >= 4 is 45.8 Å². The van der Waals surface area contributed by atoms with E-state index in [2.05, 4.69) is 16.0 Å². The summed E-state index contributed by atoms with van der Waals surface area (Å²) in [7, 11) is 0. The number of hydrogen-bond donors (Lipinski definition) is 4. The molecular formula is C18H20N4O5S. The number of carbonyl (C=O) groups excluding carboxylic acids is 4. The van der Waals surface area contributed by atoms with E-state index in [-0.39, 0.29) is 18.5 Å². The average Bonchev–Trinajstić information content (AvgIpc) is 3.10. The van der Waals surface area contributed by atoms with Gasteiger partial charge in [0.15, 0.2) is 6.10 Å². The number of para-hydroxylation sites is 1. The largest absolute Gasteiger partial charge is 0.452 e. The van der Waals surface area contributed by atoms with E-state index in [0.29, 0.717) is 10.7 Å². The fourth-order valence-electron chi connectivity index (χ4n) is 2.10. The number of hydrogen-bond acceptors (Lipinski definition) is 6. The first-order chi connectivity index (χ1) is 13.4. The van der Waals surface area contributed by atoms with Gasteiger partial charge in [0.1, 0.15) is 5.00 Å². The Bertz CT molecular complexity index is 853. The van der Waals surface area contributed by atoms with Gasteiger partial charge in [-0.3, -0.25) is 14.4 Å². The van der Waals surface area contributed by atoms with Gasteiger partial charge in [-0.2, -0.15) is 0 Å². The van der Waals surface area contributed by atoms with Crippen molar-refractivity contribution in [2.24, 2.45) is 5.73 Å². The molecule has 2 aromatic rings. The van der Waals surface area contributed by atoms with Crippen LogP contribution in [0, 0.1) is 0 Å². The first-order valence-electron chi connectivity index (χ1n) is 8.34. The number of thiophene rings is 1. The molecular weight excluding hydrogens is 384 g/mol. The maximum Gasteiger partial charge on any atom is 0.319 e. The maximum absolute atomic E-state index is 12.1. The molecule has 0 fully saturated rings. The Morgan fingerprint density at radius 3 is 2.50 bits per heavy atom. The molecule has 0 aliphatic rings. The van der Waals surface area contributed by atoms with Crippen LogP contribution in [0.2, 0.25) is 0 Å². The highest BCUT2D eigenvalue weighted by Gasteiger charge is 2.20. The van der Waals surface area contributed by atoms with E-state index in [1.807, 2.05) is 6.07 Å². The third-order valence-corrected chi connectivity index (χ3v) is 4.32. The Hall–Kier alpha value is -3.40. The summed E-state index contributed by atoms with van der Waals surface area (Å²) in [6.45, 7) is 1.45. The molecule has 148 valence electrons. The fraction of sp³-hybridized carbons (Fsp3) is 0.222. The Morgan fingerprint density at radius 1 is 1.11 bits per heavy atom. The van der Waals surface area contributed by atoms with E-state index in [4.69, 9.17) is 10.5 Å². The number of primary amides is 1. The lowest BCUT2D eigenvalue weighted by Gasteiger charge is -2.13. The Labute approximate surface area is 165 Å². The molecule has 0 unspecified atom stereocenters. The van der Waals surface area contributed by atoms with Crippen LogP contribution in [0.15, 0.2) is 41.8 Å². The van der Waals surface area contributed by atoms with Crippen molar-refractivity contribution in [3.63, 3.8) is 0 Å². The number of ether oxygens (including phenoxy) is 1. The third kappa shape index (κ3) is 6.40. The lowest BCUT2D eigenvalue weighted by molar-refractivity contribution is -0.153. The lowest BCUT2D eigenvalue weighted by atomic mass is 10.3. The molecule has 0 saturated heterocycles. The molecule has 5 N–H and O–H groups in total. The third-order valence-electron chi connectivity index (χ3n) is 3.49. The molecule has 1 aromatic carbocycles. The highest BCUT2D eigenvalue weighted by atomic mass is 32.1. The van der Waals surface area contributed by atoms with Crippen molar-refractivity contribution in [1.82, 2.24) is 5.32 Å². The van der Waals surface area contributed by atoms with Gasteiger partial charge in [0.2, 0.25) is 0 Å². The summed E-state index contributed by atoms with van der Waals surface area (Å²) in [6, 6.07) is 9.87. The topological polar surface area (TPSA) is 140 Å². The number of urea groups is 1.